The van der Waals surface area contributed by atoms with Gasteiger partial charge in [-0.15, -0.1) is 0 Å². The smallest absolute Gasteiger partial charge is 0.226 e. The van der Waals surface area contributed by atoms with Crippen LogP contribution in [0.15, 0.2) is 12.1 Å². The van der Waals surface area contributed by atoms with Gasteiger partial charge in [0.25, 0.3) is 0 Å². The van der Waals surface area contributed by atoms with E-state index in [0.29, 0.717) is 19.0 Å². The van der Waals surface area contributed by atoms with E-state index in [1.165, 1.54) is 0 Å². The normalized spacial score (nSPS) is 21.0. The lowest BCUT2D eigenvalue weighted by atomic mass is 9.94. The average Bonchev–Trinajstić information content (AvgIpc) is 2.94. The Morgan fingerprint density at radius 3 is 2.50 bits per heavy atom. The van der Waals surface area contributed by atoms with Crippen LogP contribution >= 0.6 is 0 Å². The van der Waals surface area contributed by atoms with E-state index in [-0.39, 0.29) is 11.8 Å². The summed E-state index contributed by atoms with van der Waals surface area (Å²) < 4.78 is 5.40. The Morgan fingerprint density at radius 1 is 1.32 bits per heavy atom. The fraction of sp³-hybridized carbons (Fsp3) is 0.611. The van der Waals surface area contributed by atoms with Gasteiger partial charge in [0, 0.05) is 19.5 Å². The molecule has 0 aromatic heterocycles. The molecule has 2 rings (SSSR count). The number of hydrogen-bond donors (Lipinski definition) is 1. The van der Waals surface area contributed by atoms with E-state index in [9.17, 15) is 4.79 Å². The number of amides is 1. The number of nitrogens with two attached hydrogens (primary N) is 1. The Hall–Kier alpha value is -1.55. The molecule has 4 heteroatoms. The van der Waals surface area contributed by atoms with Crippen LogP contribution in [0.4, 0.5) is 0 Å². The Bertz CT molecular complexity index is 519. The van der Waals surface area contributed by atoms with Crippen molar-refractivity contribution in [3.8, 4) is 5.75 Å². The molecule has 122 valence electrons. The van der Waals surface area contributed by atoms with E-state index in [4.69, 9.17) is 10.5 Å². The largest absolute Gasteiger partial charge is 0.496 e. The van der Waals surface area contributed by atoms with Crippen LogP contribution in [-0.4, -0.2) is 31.5 Å². The summed E-state index contributed by atoms with van der Waals surface area (Å²) in [5.74, 6) is 1.63. The van der Waals surface area contributed by atoms with Gasteiger partial charge in [0.15, 0.2) is 0 Å². The van der Waals surface area contributed by atoms with Gasteiger partial charge in [-0.05, 0) is 55.8 Å². The Kier molecular flexibility index (Phi) is 5.46. The first-order chi connectivity index (χ1) is 10.5. The van der Waals surface area contributed by atoms with Crippen LogP contribution in [0, 0.1) is 25.7 Å². The highest BCUT2D eigenvalue weighted by Gasteiger charge is 2.33. The summed E-state index contributed by atoms with van der Waals surface area (Å²) in [6, 6.07) is 4.20. The Balaban J connectivity index is 2.08. The molecular formula is C18H28N2O2. The van der Waals surface area contributed by atoms with E-state index in [1.54, 1.807) is 7.11 Å². The SMILES string of the molecule is COc1c(C)cc(CN(C)C(=O)[C@@H]2CCC[C@@H]2CN)cc1C. The van der Waals surface area contributed by atoms with Gasteiger partial charge in [-0.2, -0.15) is 0 Å². The third-order valence-electron chi connectivity index (χ3n) is 4.80. The summed E-state index contributed by atoms with van der Waals surface area (Å²) in [5, 5.41) is 0. The molecule has 0 saturated heterocycles. The molecule has 0 heterocycles. The molecule has 4 nitrogen and oxygen atoms in total. The van der Waals surface area contributed by atoms with Crippen LogP contribution in [-0.2, 0) is 11.3 Å². The van der Waals surface area contributed by atoms with Crippen molar-refractivity contribution in [2.24, 2.45) is 17.6 Å². The third kappa shape index (κ3) is 3.43. The first-order valence-corrected chi connectivity index (χ1v) is 8.07. The molecule has 1 aromatic carbocycles. The zero-order chi connectivity index (χ0) is 16.3. The van der Waals surface area contributed by atoms with Crippen LogP contribution in [0.3, 0.4) is 0 Å². The molecule has 1 saturated carbocycles. The maximum Gasteiger partial charge on any atom is 0.226 e. The molecule has 0 aliphatic heterocycles. The van der Waals surface area contributed by atoms with Gasteiger partial charge < -0.3 is 15.4 Å². The summed E-state index contributed by atoms with van der Waals surface area (Å²) in [6.07, 6.45) is 3.18. The molecule has 22 heavy (non-hydrogen) atoms. The van der Waals surface area contributed by atoms with Crippen molar-refractivity contribution in [2.75, 3.05) is 20.7 Å². The van der Waals surface area contributed by atoms with E-state index in [1.807, 2.05) is 25.8 Å². The maximum absolute atomic E-state index is 12.7. The van der Waals surface area contributed by atoms with Crippen LogP contribution < -0.4 is 10.5 Å². The summed E-state index contributed by atoms with van der Waals surface area (Å²) in [7, 11) is 3.58. The Morgan fingerprint density at radius 2 is 1.95 bits per heavy atom. The van der Waals surface area contributed by atoms with Crippen molar-refractivity contribution in [2.45, 2.75) is 39.7 Å². The zero-order valence-corrected chi connectivity index (χ0v) is 14.2. The van der Waals surface area contributed by atoms with Crippen molar-refractivity contribution in [3.63, 3.8) is 0 Å². The minimum absolute atomic E-state index is 0.107. The van der Waals surface area contributed by atoms with Crippen LogP contribution in [0.5, 0.6) is 5.75 Å². The van der Waals surface area contributed by atoms with Gasteiger partial charge in [0.1, 0.15) is 5.75 Å². The number of carbonyl (C=O) groups excluding carboxylic acids is 1. The lowest BCUT2D eigenvalue weighted by Crippen LogP contribution is -2.36. The van der Waals surface area contributed by atoms with Gasteiger partial charge in [-0.3, -0.25) is 4.79 Å². The van der Waals surface area contributed by atoms with Gasteiger partial charge in [-0.25, -0.2) is 0 Å². The zero-order valence-electron chi connectivity index (χ0n) is 14.2. The van der Waals surface area contributed by atoms with Crippen molar-refractivity contribution in [3.05, 3.63) is 28.8 Å². The lowest BCUT2D eigenvalue weighted by Gasteiger charge is -2.25. The first kappa shape index (κ1) is 16.8. The summed E-state index contributed by atoms with van der Waals surface area (Å²) in [5.41, 5.74) is 9.17. The van der Waals surface area contributed by atoms with Gasteiger partial charge >= 0.3 is 0 Å². The molecule has 1 amide bonds. The molecule has 2 N–H and O–H groups in total. The number of hydrogen-bond acceptors (Lipinski definition) is 3. The number of benzene rings is 1. The molecular weight excluding hydrogens is 276 g/mol. The highest BCUT2D eigenvalue weighted by molar-refractivity contribution is 5.79. The molecule has 1 fully saturated rings. The lowest BCUT2D eigenvalue weighted by molar-refractivity contribution is -0.135. The molecule has 0 spiro atoms. The van der Waals surface area contributed by atoms with Gasteiger partial charge in [-0.1, -0.05) is 18.6 Å². The highest BCUT2D eigenvalue weighted by atomic mass is 16.5. The Labute approximate surface area is 133 Å². The number of aryl methyl sites for hydroxylation is 2. The van der Waals surface area contributed by atoms with E-state index < -0.39 is 0 Å². The third-order valence-corrected chi connectivity index (χ3v) is 4.80. The molecule has 2 atom stereocenters. The molecule has 0 bridgehead atoms. The van der Waals surface area contributed by atoms with Crippen LogP contribution in [0.1, 0.15) is 36.0 Å². The number of nitrogens with zero attached hydrogens (tertiary/aromatic N) is 1. The maximum atomic E-state index is 12.7. The van der Waals surface area contributed by atoms with Crippen molar-refractivity contribution in [1.29, 1.82) is 0 Å². The van der Waals surface area contributed by atoms with Crippen LogP contribution in [0.25, 0.3) is 0 Å². The average molecular weight is 304 g/mol. The standard InChI is InChI=1S/C18H28N2O2/c1-12-8-14(9-13(2)17(12)22-4)11-20(3)18(21)16-7-5-6-15(16)10-19/h8-9,15-16H,5-7,10-11,19H2,1-4H3/t15-,16-/m1/s1. The van der Waals surface area contributed by atoms with Crippen molar-refractivity contribution < 1.29 is 9.53 Å². The van der Waals surface area contributed by atoms with E-state index in [0.717, 1.165) is 41.7 Å². The minimum Gasteiger partial charge on any atom is -0.496 e. The number of ether oxygens (including phenoxy) is 1. The molecule has 1 aromatic rings. The summed E-state index contributed by atoms with van der Waals surface area (Å²) >= 11 is 0. The monoisotopic (exact) mass is 304 g/mol. The fourth-order valence-corrected chi connectivity index (χ4v) is 3.73. The molecule has 1 aliphatic rings. The summed E-state index contributed by atoms with van der Waals surface area (Å²) in [6.45, 7) is 5.33. The second kappa shape index (κ2) is 7.14. The highest BCUT2D eigenvalue weighted by Crippen LogP contribution is 2.32. The molecule has 0 unspecified atom stereocenters. The van der Waals surface area contributed by atoms with Gasteiger partial charge in [0.2, 0.25) is 5.91 Å². The summed E-state index contributed by atoms with van der Waals surface area (Å²) in [4.78, 5) is 14.5. The molecule has 0 radical (unpaired) electrons. The topological polar surface area (TPSA) is 55.6 Å². The fourth-order valence-electron chi connectivity index (χ4n) is 3.73. The second-order valence-electron chi connectivity index (χ2n) is 6.49. The quantitative estimate of drug-likeness (QED) is 0.910. The van der Waals surface area contributed by atoms with E-state index >= 15 is 0 Å². The van der Waals surface area contributed by atoms with Crippen LogP contribution in [0.2, 0.25) is 0 Å². The minimum atomic E-state index is 0.107. The number of rotatable bonds is 5. The predicted octanol–water partition coefficient (Wildman–Crippen LogP) is 2.65. The van der Waals surface area contributed by atoms with Crippen molar-refractivity contribution >= 4 is 5.91 Å². The van der Waals surface area contributed by atoms with E-state index in [2.05, 4.69) is 12.1 Å². The first-order valence-electron chi connectivity index (χ1n) is 8.07. The van der Waals surface area contributed by atoms with Gasteiger partial charge in [0.05, 0.1) is 7.11 Å². The second-order valence-corrected chi connectivity index (χ2v) is 6.49. The molecule has 1 aliphatic carbocycles. The van der Waals surface area contributed by atoms with Crippen molar-refractivity contribution in [1.82, 2.24) is 4.90 Å². The predicted molar refractivity (Wildman–Crippen MR) is 88.8 cm³/mol. The number of carbonyl (C=O) groups is 1. The number of methoxy groups -OCH3 is 1.